The molecule has 0 fully saturated rings. The Morgan fingerprint density at radius 3 is 1.60 bits per heavy atom. The van der Waals surface area contributed by atoms with Crippen LogP contribution in [0.1, 0.15) is 0 Å². The highest BCUT2D eigenvalue weighted by molar-refractivity contribution is 8.00. The van der Waals surface area contributed by atoms with Crippen LogP contribution in [-0.4, -0.2) is 31.7 Å². The van der Waals surface area contributed by atoms with Crippen molar-refractivity contribution in [2.45, 2.75) is 4.90 Å². The smallest absolute Gasteiger partial charge is 0.124 e. The molecule has 0 N–H and O–H groups in total. The maximum Gasteiger partial charge on any atom is 0.124 e. The lowest BCUT2D eigenvalue weighted by atomic mass is 10.4. The van der Waals surface area contributed by atoms with E-state index < -0.39 is 20.1 Å². The van der Waals surface area contributed by atoms with E-state index in [2.05, 4.69) is 0 Å². The Balaban J connectivity index is 0.000000336. The van der Waals surface area contributed by atoms with Gasteiger partial charge in [-0.1, -0.05) is 18.2 Å². The van der Waals surface area contributed by atoms with Gasteiger partial charge in [0, 0.05) is 0 Å². The summed E-state index contributed by atoms with van der Waals surface area (Å²) < 4.78 is 41.0. The lowest BCUT2D eigenvalue weighted by Gasteiger charge is -2.04. The van der Waals surface area contributed by atoms with Gasteiger partial charge in [-0.2, -0.15) is 0 Å². The zero-order valence-corrected chi connectivity index (χ0v) is 10.5. The molecule has 86 valence electrons. The molecule has 1 aromatic rings. The average molecular weight is 250 g/mol. The standard InChI is InChI=1S/C6H6O3S.C3H9OS/c7-10(8,9)6-4-2-1-3-5-6;1-5(2,3)4/h1-5H,(H,7,8,9);1-3H3/q;+1/p-1. The minimum absolute atomic E-state index is 0.185. The van der Waals surface area contributed by atoms with Gasteiger partial charge in [-0.15, -0.1) is 4.21 Å². The first-order valence-electron chi connectivity index (χ1n) is 4.01. The Bertz CT molecular complexity index is 422. The van der Waals surface area contributed by atoms with Crippen LogP contribution in [-0.2, 0) is 24.3 Å². The van der Waals surface area contributed by atoms with Gasteiger partial charge < -0.3 is 4.55 Å². The number of rotatable bonds is 1. The zero-order valence-electron chi connectivity index (χ0n) is 8.84. The van der Waals surface area contributed by atoms with Crippen LogP contribution in [0.5, 0.6) is 0 Å². The molecule has 0 aliphatic rings. The Labute approximate surface area is 91.5 Å². The van der Waals surface area contributed by atoms with Crippen LogP contribution in [0.4, 0.5) is 0 Å². The summed E-state index contributed by atoms with van der Waals surface area (Å²) in [6.07, 6.45) is 5.15. The van der Waals surface area contributed by atoms with E-state index in [-0.39, 0.29) is 4.90 Å². The molecule has 0 saturated carbocycles. The fourth-order valence-electron chi connectivity index (χ4n) is 0.587. The van der Waals surface area contributed by atoms with E-state index in [9.17, 15) is 17.2 Å². The normalized spacial score (nSPS) is 11.5. The Morgan fingerprint density at radius 1 is 1.07 bits per heavy atom. The molecule has 4 nitrogen and oxygen atoms in total. The molecule has 1 aromatic carbocycles. The minimum atomic E-state index is -4.25. The molecule has 0 unspecified atom stereocenters. The quantitative estimate of drug-likeness (QED) is 0.550. The predicted octanol–water partition coefficient (Wildman–Crippen LogP) is 0.966. The molecule has 0 aliphatic heterocycles. The fraction of sp³-hybridized carbons (Fsp3) is 0.333. The van der Waals surface area contributed by atoms with Crippen LogP contribution in [0.3, 0.4) is 0 Å². The van der Waals surface area contributed by atoms with Gasteiger partial charge >= 0.3 is 0 Å². The number of hydrogen-bond acceptors (Lipinski definition) is 4. The summed E-state index contributed by atoms with van der Waals surface area (Å²) in [6, 6.07) is 7.19. The average Bonchev–Trinajstić information content (AvgIpc) is 2.01. The van der Waals surface area contributed by atoms with Crippen LogP contribution in [0, 0.1) is 0 Å². The zero-order chi connectivity index (χ0) is 12.1. The van der Waals surface area contributed by atoms with Gasteiger partial charge in [-0.3, -0.25) is 0 Å². The van der Waals surface area contributed by atoms with Gasteiger partial charge in [-0.25, -0.2) is 8.42 Å². The fourth-order valence-corrected chi connectivity index (χ4v) is 1.08. The van der Waals surface area contributed by atoms with E-state index in [0.29, 0.717) is 0 Å². The van der Waals surface area contributed by atoms with E-state index in [1.165, 1.54) is 24.3 Å². The van der Waals surface area contributed by atoms with Gasteiger partial charge in [0.25, 0.3) is 0 Å². The van der Waals surface area contributed by atoms with Crippen molar-refractivity contribution in [2.75, 3.05) is 18.8 Å². The van der Waals surface area contributed by atoms with E-state index in [0.717, 1.165) is 0 Å². The third kappa shape index (κ3) is 9.58. The molecule has 0 heterocycles. The molecule has 0 atom stereocenters. The van der Waals surface area contributed by atoms with E-state index in [1.54, 1.807) is 24.8 Å². The molecule has 0 saturated heterocycles. The lowest BCUT2D eigenvalue weighted by Crippen LogP contribution is -1.97. The molecular weight excluding hydrogens is 236 g/mol. The maximum absolute atomic E-state index is 10.3. The lowest BCUT2D eigenvalue weighted by molar-refractivity contribution is 0.463. The van der Waals surface area contributed by atoms with Gasteiger partial charge in [0.2, 0.25) is 0 Å². The van der Waals surface area contributed by atoms with Crippen molar-refractivity contribution >= 4 is 20.1 Å². The number of benzene rings is 1. The van der Waals surface area contributed by atoms with Gasteiger partial charge in [0.1, 0.15) is 28.9 Å². The molecular formula is C9H14O4S2. The molecule has 0 aromatic heterocycles. The SMILES string of the molecule is C[S+](C)(C)=O.O=S(=O)([O-])c1ccccc1. The van der Waals surface area contributed by atoms with Crippen LogP contribution in [0.25, 0.3) is 0 Å². The van der Waals surface area contributed by atoms with Crippen molar-refractivity contribution in [3.8, 4) is 0 Å². The van der Waals surface area contributed by atoms with Crippen molar-refractivity contribution < 1.29 is 17.2 Å². The third-order valence-electron chi connectivity index (χ3n) is 1.03. The second kappa shape index (κ2) is 5.39. The van der Waals surface area contributed by atoms with Crippen molar-refractivity contribution in [1.82, 2.24) is 0 Å². The van der Waals surface area contributed by atoms with Gasteiger partial charge in [-0.05, 0) is 12.1 Å². The first-order valence-corrected chi connectivity index (χ1v) is 8.20. The largest absolute Gasteiger partial charge is 0.744 e. The van der Waals surface area contributed by atoms with Gasteiger partial charge in [0.15, 0.2) is 0 Å². The molecule has 0 bridgehead atoms. The van der Waals surface area contributed by atoms with Crippen molar-refractivity contribution in [3.63, 3.8) is 0 Å². The maximum atomic E-state index is 10.3. The van der Waals surface area contributed by atoms with Crippen LogP contribution in [0.15, 0.2) is 35.2 Å². The van der Waals surface area contributed by atoms with E-state index in [1.807, 2.05) is 0 Å². The second-order valence-electron chi connectivity index (χ2n) is 3.49. The third-order valence-corrected chi connectivity index (χ3v) is 1.88. The molecule has 0 aliphatic carbocycles. The molecule has 15 heavy (non-hydrogen) atoms. The summed E-state index contributed by atoms with van der Waals surface area (Å²) in [5, 5.41) is 0. The summed E-state index contributed by atoms with van der Waals surface area (Å²) in [6.45, 7) is 0. The van der Waals surface area contributed by atoms with E-state index >= 15 is 0 Å². The first-order chi connectivity index (χ1) is 6.61. The second-order valence-corrected chi connectivity index (χ2v) is 8.32. The first kappa shape index (κ1) is 14.3. The van der Waals surface area contributed by atoms with Gasteiger partial charge in [0.05, 0.1) is 14.8 Å². The monoisotopic (exact) mass is 250 g/mol. The van der Waals surface area contributed by atoms with Crippen molar-refractivity contribution in [3.05, 3.63) is 30.3 Å². The summed E-state index contributed by atoms with van der Waals surface area (Å²) in [5.41, 5.74) is 0. The topological polar surface area (TPSA) is 74.3 Å². The van der Waals surface area contributed by atoms with Crippen molar-refractivity contribution in [2.24, 2.45) is 0 Å². The summed E-state index contributed by atoms with van der Waals surface area (Å²) >= 11 is 0. The highest BCUT2D eigenvalue weighted by Gasteiger charge is 1.96. The Hall–Kier alpha value is -0.720. The highest BCUT2D eigenvalue weighted by Crippen LogP contribution is 2.04. The Kier molecular flexibility index (Phi) is 5.13. The van der Waals surface area contributed by atoms with Crippen LogP contribution >= 0.6 is 0 Å². The number of hydrogen-bond donors (Lipinski definition) is 0. The molecule has 1 rings (SSSR count). The molecule has 0 spiro atoms. The van der Waals surface area contributed by atoms with Crippen LogP contribution < -0.4 is 0 Å². The molecule has 6 heteroatoms. The highest BCUT2D eigenvalue weighted by atomic mass is 32.2. The summed E-state index contributed by atoms with van der Waals surface area (Å²) in [4.78, 5) is -0.185. The summed E-state index contributed by atoms with van der Waals surface area (Å²) in [5.74, 6) is 0. The predicted molar refractivity (Wildman–Crippen MR) is 60.2 cm³/mol. The molecule has 0 amide bonds. The minimum Gasteiger partial charge on any atom is -0.744 e. The Morgan fingerprint density at radius 2 is 1.40 bits per heavy atom. The van der Waals surface area contributed by atoms with Crippen molar-refractivity contribution in [1.29, 1.82) is 0 Å². The molecule has 0 radical (unpaired) electrons. The summed E-state index contributed by atoms with van der Waals surface area (Å²) in [7, 11) is -5.67. The van der Waals surface area contributed by atoms with E-state index in [4.69, 9.17) is 0 Å². The van der Waals surface area contributed by atoms with Crippen LogP contribution in [0.2, 0.25) is 0 Å².